The van der Waals surface area contributed by atoms with Crippen LogP contribution in [-0.2, 0) is 6.54 Å². The quantitative estimate of drug-likeness (QED) is 0.425. The fourth-order valence-electron chi connectivity index (χ4n) is 3.70. The van der Waals surface area contributed by atoms with Crippen molar-refractivity contribution in [3.63, 3.8) is 0 Å². The van der Waals surface area contributed by atoms with E-state index in [1.807, 2.05) is 59.1 Å². The number of nitrogens with one attached hydrogen (secondary N) is 2. The Labute approximate surface area is 183 Å². The first-order valence-electron chi connectivity index (χ1n) is 10.1. The first kappa shape index (κ1) is 19.5. The second-order valence-electron chi connectivity index (χ2n) is 7.15. The zero-order chi connectivity index (χ0) is 21.9. The second kappa shape index (κ2) is 8.35. The molecule has 0 bridgehead atoms. The molecule has 32 heavy (non-hydrogen) atoms. The predicted octanol–water partition coefficient (Wildman–Crippen LogP) is 4.15. The van der Waals surface area contributed by atoms with Crippen molar-refractivity contribution in [2.45, 2.75) is 6.54 Å². The number of fused-ring (bicyclic) bond motifs is 3. The van der Waals surface area contributed by atoms with Gasteiger partial charge in [-0.3, -0.25) is 9.78 Å². The molecule has 0 fully saturated rings. The summed E-state index contributed by atoms with van der Waals surface area (Å²) in [6, 6.07) is 16.8. The molecule has 0 saturated carbocycles. The van der Waals surface area contributed by atoms with E-state index in [4.69, 9.17) is 4.74 Å². The van der Waals surface area contributed by atoms with Crippen molar-refractivity contribution in [3.8, 4) is 5.75 Å². The Balaban J connectivity index is 1.60. The van der Waals surface area contributed by atoms with Crippen LogP contribution in [0.1, 0.15) is 15.9 Å². The molecule has 1 aromatic carbocycles. The summed E-state index contributed by atoms with van der Waals surface area (Å²) in [4.78, 5) is 26.5. The Morgan fingerprint density at radius 1 is 1.09 bits per heavy atom. The van der Waals surface area contributed by atoms with Crippen molar-refractivity contribution >= 4 is 34.0 Å². The average Bonchev–Trinajstić information content (AvgIpc) is 3.19. The van der Waals surface area contributed by atoms with Crippen molar-refractivity contribution in [2.75, 3.05) is 17.7 Å². The first-order valence-corrected chi connectivity index (χ1v) is 10.1. The number of anilines is 2. The van der Waals surface area contributed by atoms with Crippen LogP contribution in [0.25, 0.3) is 16.6 Å². The van der Waals surface area contributed by atoms with Gasteiger partial charge in [-0.2, -0.15) is 0 Å². The van der Waals surface area contributed by atoms with Gasteiger partial charge in [0.2, 0.25) is 0 Å². The van der Waals surface area contributed by atoms with Crippen LogP contribution in [0.2, 0.25) is 0 Å². The fourth-order valence-corrected chi connectivity index (χ4v) is 3.70. The molecule has 5 rings (SSSR count). The number of carbonyl (C=O) groups is 1. The molecule has 4 heterocycles. The van der Waals surface area contributed by atoms with E-state index < -0.39 is 0 Å². The number of nitrogens with zero attached hydrogens (tertiary/aromatic N) is 4. The Morgan fingerprint density at radius 3 is 2.88 bits per heavy atom. The molecule has 2 N–H and O–H groups in total. The van der Waals surface area contributed by atoms with Crippen LogP contribution >= 0.6 is 0 Å². The minimum Gasteiger partial charge on any atom is -0.497 e. The van der Waals surface area contributed by atoms with Gasteiger partial charge < -0.3 is 19.8 Å². The molecule has 4 aromatic heterocycles. The lowest BCUT2D eigenvalue weighted by Crippen LogP contribution is -2.13. The third-order valence-corrected chi connectivity index (χ3v) is 5.16. The normalized spacial score (nSPS) is 10.9. The van der Waals surface area contributed by atoms with Crippen molar-refractivity contribution in [2.24, 2.45) is 0 Å². The highest BCUT2D eigenvalue weighted by atomic mass is 16.5. The van der Waals surface area contributed by atoms with Gasteiger partial charge in [-0.25, -0.2) is 9.97 Å². The van der Waals surface area contributed by atoms with Crippen LogP contribution in [0.15, 0.2) is 79.5 Å². The molecule has 0 aliphatic rings. The minimum atomic E-state index is -0.254. The summed E-state index contributed by atoms with van der Waals surface area (Å²) in [5, 5.41) is 6.97. The van der Waals surface area contributed by atoms with Crippen molar-refractivity contribution in [1.82, 2.24) is 19.4 Å². The zero-order valence-electron chi connectivity index (χ0n) is 17.3. The number of rotatable bonds is 6. The van der Waals surface area contributed by atoms with Crippen molar-refractivity contribution in [1.29, 1.82) is 0 Å². The molecule has 1 amide bonds. The van der Waals surface area contributed by atoms with Crippen molar-refractivity contribution < 1.29 is 9.53 Å². The summed E-state index contributed by atoms with van der Waals surface area (Å²) in [7, 11) is 1.59. The van der Waals surface area contributed by atoms with Gasteiger partial charge in [-0.1, -0.05) is 18.2 Å². The fraction of sp³-hybridized carbons (Fsp3) is 0.0833. The SMILES string of the molecule is COc1cccc(NC(=O)c2c3c(NCc4cccnc4)ncnc3n3ccccc23)c1. The first-order chi connectivity index (χ1) is 15.7. The van der Waals surface area contributed by atoms with Crippen LogP contribution in [0, 0.1) is 0 Å². The van der Waals surface area contributed by atoms with Gasteiger partial charge in [0.15, 0.2) is 5.65 Å². The summed E-state index contributed by atoms with van der Waals surface area (Å²) >= 11 is 0. The molecular weight excluding hydrogens is 404 g/mol. The third kappa shape index (κ3) is 3.58. The maximum Gasteiger partial charge on any atom is 0.258 e. The summed E-state index contributed by atoms with van der Waals surface area (Å²) in [6.45, 7) is 0.517. The van der Waals surface area contributed by atoms with Crippen LogP contribution in [0.3, 0.4) is 0 Å². The highest BCUT2D eigenvalue weighted by Crippen LogP contribution is 2.31. The number of benzene rings is 1. The van der Waals surface area contributed by atoms with E-state index in [1.54, 1.807) is 25.6 Å². The van der Waals surface area contributed by atoms with E-state index in [-0.39, 0.29) is 5.91 Å². The minimum absolute atomic E-state index is 0.254. The lowest BCUT2D eigenvalue weighted by Gasteiger charge is -2.09. The smallest absolute Gasteiger partial charge is 0.258 e. The molecular formula is C24H20N6O2. The number of hydrogen-bond donors (Lipinski definition) is 2. The van der Waals surface area contributed by atoms with Crippen LogP contribution in [0.5, 0.6) is 5.75 Å². The highest BCUT2D eigenvalue weighted by molar-refractivity contribution is 6.20. The number of methoxy groups -OCH3 is 1. The predicted molar refractivity (Wildman–Crippen MR) is 123 cm³/mol. The molecule has 8 heteroatoms. The number of aromatic nitrogens is 4. The Morgan fingerprint density at radius 2 is 2.03 bits per heavy atom. The number of amides is 1. The standard InChI is InChI=1S/C24H20N6O2/c1-32-18-8-4-7-17(12-18)29-24(31)20-19-9-2-3-11-30(19)23-21(20)22(27-15-28-23)26-14-16-6-5-10-25-13-16/h2-13,15H,14H2,1H3,(H,29,31)(H,26,27,28). The van der Waals surface area contributed by atoms with E-state index >= 15 is 0 Å². The molecule has 0 atom stereocenters. The van der Waals surface area contributed by atoms with Gasteiger partial charge in [0.05, 0.1) is 23.6 Å². The van der Waals surface area contributed by atoms with E-state index in [0.717, 1.165) is 11.1 Å². The summed E-state index contributed by atoms with van der Waals surface area (Å²) in [5.74, 6) is 0.992. The van der Waals surface area contributed by atoms with E-state index in [9.17, 15) is 4.79 Å². The molecule has 158 valence electrons. The summed E-state index contributed by atoms with van der Waals surface area (Å²) in [6.07, 6.45) is 6.90. The maximum absolute atomic E-state index is 13.5. The van der Waals surface area contributed by atoms with E-state index in [0.29, 0.717) is 40.4 Å². The van der Waals surface area contributed by atoms with Crippen LogP contribution < -0.4 is 15.4 Å². The average molecular weight is 424 g/mol. The maximum atomic E-state index is 13.5. The van der Waals surface area contributed by atoms with Gasteiger partial charge in [-0.05, 0) is 35.9 Å². The number of carbonyl (C=O) groups excluding carboxylic acids is 1. The van der Waals surface area contributed by atoms with Gasteiger partial charge in [0.1, 0.15) is 17.9 Å². The van der Waals surface area contributed by atoms with Crippen molar-refractivity contribution in [3.05, 3.63) is 90.6 Å². The Bertz CT molecular complexity index is 1410. The van der Waals surface area contributed by atoms with Gasteiger partial charge in [0, 0.05) is 36.9 Å². The van der Waals surface area contributed by atoms with Gasteiger partial charge >= 0.3 is 0 Å². The monoisotopic (exact) mass is 424 g/mol. The molecule has 0 aliphatic carbocycles. The number of pyridine rings is 2. The molecule has 0 spiro atoms. The number of ether oxygens (including phenoxy) is 1. The highest BCUT2D eigenvalue weighted by Gasteiger charge is 2.22. The Kier molecular flexibility index (Phi) is 5.09. The topological polar surface area (TPSA) is 93.4 Å². The van der Waals surface area contributed by atoms with Gasteiger partial charge in [0.25, 0.3) is 5.91 Å². The largest absolute Gasteiger partial charge is 0.497 e. The Hall–Kier alpha value is -4.46. The molecule has 0 saturated heterocycles. The molecule has 0 unspecified atom stereocenters. The molecule has 0 aliphatic heterocycles. The molecule has 5 aromatic rings. The van der Waals surface area contributed by atoms with Crippen LogP contribution in [-0.4, -0.2) is 32.4 Å². The number of hydrogen-bond acceptors (Lipinski definition) is 6. The van der Waals surface area contributed by atoms with Crippen LogP contribution in [0.4, 0.5) is 11.5 Å². The van der Waals surface area contributed by atoms with Gasteiger partial charge in [-0.15, -0.1) is 0 Å². The lowest BCUT2D eigenvalue weighted by atomic mass is 10.1. The molecule has 8 nitrogen and oxygen atoms in total. The van der Waals surface area contributed by atoms with E-state index in [2.05, 4.69) is 25.6 Å². The van der Waals surface area contributed by atoms with E-state index in [1.165, 1.54) is 6.33 Å². The summed E-state index contributed by atoms with van der Waals surface area (Å²) < 4.78 is 7.17. The summed E-state index contributed by atoms with van der Waals surface area (Å²) in [5.41, 5.74) is 3.54. The molecule has 0 radical (unpaired) electrons. The second-order valence-corrected chi connectivity index (χ2v) is 7.15. The zero-order valence-corrected chi connectivity index (χ0v) is 17.3. The lowest BCUT2D eigenvalue weighted by molar-refractivity contribution is 0.103. The third-order valence-electron chi connectivity index (χ3n) is 5.16.